The molecule has 0 spiro atoms. The highest BCUT2D eigenvalue weighted by Crippen LogP contribution is 2.23. The van der Waals surface area contributed by atoms with Crippen LogP contribution in [0.2, 0.25) is 0 Å². The van der Waals surface area contributed by atoms with E-state index in [1.54, 1.807) is 50.2 Å². The number of amides is 1. The van der Waals surface area contributed by atoms with Crippen molar-refractivity contribution in [2.75, 3.05) is 5.32 Å². The van der Waals surface area contributed by atoms with Crippen LogP contribution in [-0.4, -0.2) is 25.3 Å². The van der Waals surface area contributed by atoms with Crippen LogP contribution >= 0.6 is 0 Å². The Morgan fingerprint density at radius 1 is 0.970 bits per heavy atom. The Kier molecular flexibility index (Phi) is 7.25. The molecule has 0 unspecified atom stereocenters. The quantitative estimate of drug-likeness (QED) is 0.383. The Hall–Kier alpha value is -3.56. The molecule has 8 nitrogen and oxygen atoms in total. The van der Waals surface area contributed by atoms with E-state index in [0.717, 1.165) is 11.1 Å². The van der Waals surface area contributed by atoms with Crippen LogP contribution in [0.4, 0.5) is 11.4 Å². The average molecular weight is 468 g/mol. The van der Waals surface area contributed by atoms with Crippen LogP contribution in [0.3, 0.4) is 0 Å². The van der Waals surface area contributed by atoms with Gasteiger partial charge in [0, 0.05) is 17.8 Å². The van der Waals surface area contributed by atoms with Crippen molar-refractivity contribution in [3.8, 4) is 0 Å². The summed E-state index contributed by atoms with van der Waals surface area (Å²) in [6.45, 7) is 5.31. The van der Waals surface area contributed by atoms with Crippen LogP contribution in [-0.2, 0) is 21.2 Å². The third-order valence-electron chi connectivity index (χ3n) is 5.09. The number of hydrogen-bond acceptors (Lipinski definition) is 5. The average Bonchev–Trinajstić information content (AvgIpc) is 2.73. The van der Waals surface area contributed by atoms with E-state index in [1.165, 1.54) is 24.3 Å². The highest BCUT2D eigenvalue weighted by Gasteiger charge is 2.28. The van der Waals surface area contributed by atoms with E-state index in [0.29, 0.717) is 11.1 Å². The van der Waals surface area contributed by atoms with Gasteiger partial charge in [-0.3, -0.25) is 14.9 Å². The van der Waals surface area contributed by atoms with Crippen molar-refractivity contribution < 1.29 is 18.1 Å². The molecule has 1 amide bonds. The second-order valence-corrected chi connectivity index (χ2v) is 9.54. The summed E-state index contributed by atoms with van der Waals surface area (Å²) in [7, 11) is -4.04. The summed E-state index contributed by atoms with van der Waals surface area (Å²) in [5, 5.41) is 13.6. The minimum atomic E-state index is -4.04. The van der Waals surface area contributed by atoms with Crippen LogP contribution in [0.15, 0.2) is 71.6 Å². The number of benzene rings is 3. The fourth-order valence-electron chi connectivity index (χ4n) is 3.80. The molecule has 0 aliphatic carbocycles. The van der Waals surface area contributed by atoms with E-state index in [2.05, 4.69) is 10.0 Å². The van der Waals surface area contributed by atoms with Gasteiger partial charge in [0.05, 0.1) is 9.82 Å². The summed E-state index contributed by atoms with van der Waals surface area (Å²) in [6, 6.07) is 16.9. The number of aryl methyl sites for hydroxylation is 3. The topological polar surface area (TPSA) is 118 Å². The number of nitro benzene ring substituents is 1. The van der Waals surface area contributed by atoms with E-state index in [1.807, 2.05) is 13.0 Å². The molecule has 172 valence electrons. The standard InChI is InChI=1S/C24H25N3O5S/c1-16-12-17(2)23(18(3)13-16)33(31,32)26-22(14-19-8-5-4-6-9-19)24(28)25-20-10-7-11-21(15-20)27(29)30/h4-13,15,22,26H,14H2,1-3H3,(H,25,28)/t22-/m1/s1. The lowest BCUT2D eigenvalue weighted by Crippen LogP contribution is -2.45. The summed E-state index contributed by atoms with van der Waals surface area (Å²) in [5.41, 5.74) is 2.88. The number of carbonyl (C=O) groups excluding carboxylic acids is 1. The Labute approximate surface area is 192 Å². The van der Waals surface area contributed by atoms with Gasteiger partial charge in [-0.15, -0.1) is 0 Å². The van der Waals surface area contributed by atoms with Crippen molar-refractivity contribution >= 4 is 27.3 Å². The normalized spacial score (nSPS) is 12.2. The molecule has 33 heavy (non-hydrogen) atoms. The van der Waals surface area contributed by atoms with Gasteiger partial charge in [0.2, 0.25) is 15.9 Å². The smallest absolute Gasteiger partial charge is 0.271 e. The molecule has 9 heteroatoms. The zero-order valence-corrected chi connectivity index (χ0v) is 19.3. The lowest BCUT2D eigenvalue weighted by molar-refractivity contribution is -0.384. The van der Waals surface area contributed by atoms with Crippen molar-refractivity contribution in [1.29, 1.82) is 0 Å². The molecule has 3 rings (SSSR count). The molecular weight excluding hydrogens is 442 g/mol. The fourth-order valence-corrected chi connectivity index (χ4v) is 5.45. The summed E-state index contributed by atoms with van der Waals surface area (Å²) in [4.78, 5) is 23.7. The largest absolute Gasteiger partial charge is 0.324 e. The SMILES string of the molecule is Cc1cc(C)c(S(=O)(=O)N[C@H](Cc2ccccc2)C(=O)Nc2cccc([N+](=O)[O-])c2)c(C)c1. The van der Waals surface area contributed by atoms with Gasteiger partial charge in [-0.2, -0.15) is 4.72 Å². The van der Waals surface area contributed by atoms with Gasteiger partial charge in [0.15, 0.2) is 0 Å². The highest BCUT2D eigenvalue weighted by molar-refractivity contribution is 7.89. The van der Waals surface area contributed by atoms with Crippen molar-refractivity contribution in [2.45, 2.75) is 38.1 Å². The molecule has 0 fully saturated rings. The van der Waals surface area contributed by atoms with Gasteiger partial charge >= 0.3 is 0 Å². The Morgan fingerprint density at radius 3 is 2.21 bits per heavy atom. The number of nitrogens with zero attached hydrogens (tertiary/aromatic N) is 1. The molecule has 3 aromatic carbocycles. The number of anilines is 1. The molecule has 0 aromatic heterocycles. The molecule has 0 aliphatic heterocycles. The Balaban J connectivity index is 1.94. The summed E-state index contributed by atoms with van der Waals surface area (Å²) in [6.07, 6.45) is 0.102. The number of nitro groups is 1. The number of nitrogens with one attached hydrogen (secondary N) is 2. The van der Waals surface area contributed by atoms with E-state index in [4.69, 9.17) is 0 Å². The number of hydrogen-bond donors (Lipinski definition) is 2. The third-order valence-corrected chi connectivity index (χ3v) is 6.87. The maximum Gasteiger partial charge on any atom is 0.271 e. The van der Waals surface area contributed by atoms with Gasteiger partial charge in [0.1, 0.15) is 6.04 Å². The molecule has 0 aliphatic rings. The Bertz CT molecular complexity index is 1270. The summed E-state index contributed by atoms with van der Waals surface area (Å²) >= 11 is 0. The minimum Gasteiger partial charge on any atom is -0.324 e. The monoisotopic (exact) mass is 467 g/mol. The van der Waals surface area contributed by atoms with Gasteiger partial charge in [-0.25, -0.2) is 8.42 Å². The van der Waals surface area contributed by atoms with Crippen molar-refractivity contribution in [2.24, 2.45) is 0 Å². The molecule has 0 saturated heterocycles. The summed E-state index contributed by atoms with van der Waals surface area (Å²) in [5.74, 6) is -0.620. The molecule has 0 heterocycles. The number of carbonyl (C=O) groups is 1. The van der Waals surface area contributed by atoms with E-state index in [-0.39, 0.29) is 22.7 Å². The zero-order valence-electron chi connectivity index (χ0n) is 18.5. The maximum absolute atomic E-state index is 13.3. The maximum atomic E-state index is 13.3. The van der Waals surface area contributed by atoms with E-state index >= 15 is 0 Å². The molecule has 2 N–H and O–H groups in total. The molecule has 3 aromatic rings. The lowest BCUT2D eigenvalue weighted by Gasteiger charge is -2.20. The zero-order chi connectivity index (χ0) is 24.2. The summed E-state index contributed by atoms with van der Waals surface area (Å²) < 4.78 is 29.2. The number of rotatable bonds is 8. The third kappa shape index (κ3) is 6.03. The van der Waals surface area contributed by atoms with Crippen LogP contribution in [0, 0.1) is 30.9 Å². The molecule has 0 saturated carbocycles. The highest BCUT2D eigenvalue weighted by atomic mass is 32.2. The van der Waals surface area contributed by atoms with Crippen LogP contribution in [0.25, 0.3) is 0 Å². The first-order valence-corrected chi connectivity index (χ1v) is 11.7. The van der Waals surface area contributed by atoms with Crippen LogP contribution < -0.4 is 10.0 Å². The predicted octanol–water partition coefficient (Wildman–Crippen LogP) is 4.05. The first kappa shape index (κ1) is 24.1. The van der Waals surface area contributed by atoms with Crippen molar-refractivity contribution in [1.82, 2.24) is 4.72 Å². The molecule has 0 bridgehead atoms. The van der Waals surface area contributed by atoms with Gasteiger partial charge in [-0.1, -0.05) is 54.1 Å². The molecular formula is C24H25N3O5S. The fraction of sp³-hybridized carbons (Fsp3) is 0.208. The van der Waals surface area contributed by atoms with Gasteiger partial charge in [0.25, 0.3) is 5.69 Å². The molecule has 1 atom stereocenters. The lowest BCUT2D eigenvalue weighted by atomic mass is 10.1. The molecule has 0 radical (unpaired) electrons. The first-order chi connectivity index (χ1) is 15.6. The number of non-ortho nitro benzene ring substituents is 1. The second-order valence-electron chi connectivity index (χ2n) is 7.89. The van der Waals surface area contributed by atoms with Crippen LogP contribution in [0.1, 0.15) is 22.3 Å². The van der Waals surface area contributed by atoms with E-state index in [9.17, 15) is 23.3 Å². The first-order valence-electron chi connectivity index (χ1n) is 10.3. The van der Waals surface area contributed by atoms with Crippen molar-refractivity contribution in [3.05, 3.63) is 99.1 Å². The number of sulfonamides is 1. The van der Waals surface area contributed by atoms with Gasteiger partial charge < -0.3 is 5.32 Å². The van der Waals surface area contributed by atoms with Gasteiger partial charge in [-0.05, 0) is 49.9 Å². The Morgan fingerprint density at radius 2 is 1.61 bits per heavy atom. The predicted molar refractivity (Wildman–Crippen MR) is 127 cm³/mol. The van der Waals surface area contributed by atoms with E-state index < -0.39 is 26.9 Å². The van der Waals surface area contributed by atoms with Crippen molar-refractivity contribution in [3.63, 3.8) is 0 Å². The van der Waals surface area contributed by atoms with Crippen LogP contribution in [0.5, 0.6) is 0 Å². The minimum absolute atomic E-state index is 0.102. The second kappa shape index (κ2) is 9.93.